The first-order valence-corrected chi connectivity index (χ1v) is 10.1. The van der Waals surface area contributed by atoms with Crippen LogP contribution in [0.15, 0.2) is 42.5 Å². The van der Waals surface area contributed by atoms with Crippen molar-refractivity contribution in [2.45, 2.75) is 39.0 Å². The lowest BCUT2D eigenvalue weighted by atomic mass is 9.87. The van der Waals surface area contributed by atoms with E-state index in [9.17, 15) is 14.9 Å². The van der Waals surface area contributed by atoms with Gasteiger partial charge in [0, 0.05) is 18.2 Å². The minimum atomic E-state index is -0.591. The molecule has 0 fully saturated rings. The van der Waals surface area contributed by atoms with E-state index in [1.165, 1.54) is 23.8 Å². The van der Waals surface area contributed by atoms with Crippen LogP contribution >= 0.6 is 23.8 Å². The third kappa shape index (κ3) is 7.27. The number of halogens is 1. The summed E-state index contributed by atoms with van der Waals surface area (Å²) in [5.41, 5.74) is 1.42. The van der Waals surface area contributed by atoms with E-state index >= 15 is 0 Å². The number of carbonyl (C=O) groups excluding carboxylic acids is 1. The predicted molar refractivity (Wildman–Crippen MR) is 122 cm³/mol. The topological polar surface area (TPSA) is 93.5 Å². The van der Waals surface area contributed by atoms with E-state index < -0.39 is 4.92 Å². The van der Waals surface area contributed by atoms with Crippen molar-refractivity contribution < 1.29 is 14.5 Å². The number of amides is 1. The molecule has 0 spiro atoms. The van der Waals surface area contributed by atoms with Crippen LogP contribution in [0.3, 0.4) is 0 Å². The Morgan fingerprint density at radius 3 is 2.47 bits per heavy atom. The third-order valence-electron chi connectivity index (χ3n) is 4.19. The zero-order chi connectivity index (χ0) is 22.3. The van der Waals surface area contributed by atoms with Crippen molar-refractivity contribution in [1.82, 2.24) is 5.32 Å². The van der Waals surface area contributed by atoms with Gasteiger partial charge in [0.15, 0.2) is 5.11 Å². The van der Waals surface area contributed by atoms with Gasteiger partial charge in [-0.3, -0.25) is 14.9 Å². The fourth-order valence-electron chi connectivity index (χ4n) is 2.56. The summed E-state index contributed by atoms with van der Waals surface area (Å²) in [7, 11) is 0. The van der Waals surface area contributed by atoms with Crippen LogP contribution in [0, 0.1) is 10.1 Å². The Labute approximate surface area is 185 Å². The number of thiocarbonyl (C=S) groups is 1. The number of hydrogen-bond donors (Lipinski definition) is 2. The SMILES string of the molecule is CC(C)(C)c1ccc(OCCCC(=O)NC(=S)Nc2ccc(Cl)c([N+](=O)[O-])c2)cc1. The molecule has 0 saturated carbocycles. The van der Waals surface area contributed by atoms with Crippen LogP contribution in [-0.2, 0) is 10.2 Å². The number of nitrogens with one attached hydrogen (secondary N) is 2. The van der Waals surface area contributed by atoms with Gasteiger partial charge in [0.05, 0.1) is 11.5 Å². The maximum Gasteiger partial charge on any atom is 0.289 e. The van der Waals surface area contributed by atoms with Gasteiger partial charge in [0.25, 0.3) is 5.69 Å². The smallest absolute Gasteiger partial charge is 0.289 e. The molecule has 0 unspecified atom stereocenters. The molecule has 0 atom stereocenters. The highest BCUT2D eigenvalue weighted by Crippen LogP contribution is 2.27. The third-order valence-corrected chi connectivity index (χ3v) is 4.71. The monoisotopic (exact) mass is 449 g/mol. The van der Waals surface area contributed by atoms with Crippen molar-refractivity contribution in [1.29, 1.82) is 0 Å². The summed E-state index contributed by atoms with van der Waals surface area (Å²) in [4.78, 5) is 22.4. The highest BCUT2D eigenvalue weighted by Gasteiger charge is 2.14. The molecule has 7 nitrogen and oxygen atoms in total. The van der Waals surface area contributed by atoms with Gasteiger partial charge in [-0.15, -0.1) is 0 Å². The van der Waals surface area contributed by atoms with Gasteiger partial charge in [-0.25, -0.2) is 0 Å². The molecule has 0 heterocycles. The van der Waals surface area contributed by atoms with Crippen molar-refractivity contribution in [3.8, 4) is 5.75 Å². The molecule has 0 aliphatic heterocycles. The molecule has 9 heteroatoms. The molecule has 160 valence electrons. The standard InChI is InChI=1S/C21H24ClN3O4S/c1-21(2,3)14-6-9-16(10-7-14)29-12-4-5-19(26)24-20(30)23-15-8-11-17(22)18(13-15)25(27)28/h6-11,13H,4-5,12H2,1-3H3,(H2,23,24,26,30). The Morgan fingerprint density at radius 1 is 1.20 bits per heavy atom. The van der Waals surface area contributed by atoms with E-state index in [0.717, 1.165) is 5.75 Å². The van der Waals surface area contributed by atoms with E-state index in [2.05, 4.69) is 31.4 Å². The number of anilines is 1. The first-order valence-electron chi connectivity index (χ1n) is 9.34. The zero-order valence-electron chi connectivity index (χ0n) is 17.0. The van der Waals surface area contributed by atoms with Gasteiger partial charge < -0.3 is 15.4 Å². The average molecular weight is 450 g/mol. The predicted octanol–water partition coefficient (Wildman–Crippen LogP) is 5.22. The van der Waals surface area contributed by atoms with Crippen LogP contribution in [0.2, 0.25) is 5.02 Å². The lowest BCUT2D eigenvalue weighted by Gasteiger charge is -2.19. The summed E-state index contributed by atoms with van der Waals surface area (Å²) >= 11 is 10.8. The number of nitro benzene ring substituents is 1. The lowest BCUT2D eigenvalue weighted by Crippen LogP contribution is -2.34. The first kappa shape index (κ1) is 23.6. The number of benzene rings is 2. The Hall–Kier alpha value is -2.71. The minimum absolute atomic E-state index is 0.0218. The van der Waals surface area contributed by atoms with Crippen LogP contribution in [0.4, 0.5) is 11.4 Å². The molecule has 0 bridgehead atoms. The minimum Gasteiger partial charge on any atom is -0.494 e. The number of ether oxygens (including phenoxy) is 1. The maximum absolute atomic E-state index is 12.0. The highest BCUT2D eigenvalue weighted by molar-refractivity contribution is 7.80. The zero-order valence-corrected chi connectivity index (χ0v) is 18.6. The van der Waals surface area contributed by atoms with Crippen LogP contribution in [0.25, 0.3) is 0 Å². The van der Waals surface area contributed by atoms with Gasteiger partial charge in [-0.05, 0) is 53.9 Å². The number of rotatable bonds is 7. The maximum atomic E-state index is 12.0. The van der Waals surface area contributed by atoms with E-state index in [1.807, 2.05) is 24.3 Å². The number of hydrogen-bond acceptors (Lipinski definition) is 5. The fourth-order valence-corrected chi connectivity index (χ4v) is 2.97. The van der Waals surface area contributed by atoms with Crippen molar-refractivity contribution in [2.75, 3.05) is 11.9 Å². The van der Waals surface area contributed by atoms with Crippen molar-refractivity contribution in [3.63, 3.8) is 0 Å². The second-order valence-electron chi connectivity index (χ2n) is 7.65. The normalized spacial score (nSPS) is 10.9. The van der Waals surface area contributed by atoms with Gasteiger partial charge in [0.2, 0.25) is 5.91 Å². The quantitative estimate of drug-likeness (QED) is 0.260. The van der Waals surface area contributed by atoms with Crippen molar-refractivity contribution in [2.24, 2.45) is 0 Å². The first-order chi connectivity index (χ1) is 14.1. The fraction of sp³-hybridized carbons (Fsp3) is 0.333. The second-order valence-corrected chi connectivity index (χ2v) is 8.47. The summed E-state index contributed by atoms with van der Waals surface area (Å²) in [6.07, 6.45) is 0.741. The molecule has 0 aliphatic rings. The Bertz CT molecular complexity index is 927. The molecule has 2 N–H and O–H groups in total. The van der Waals surface area contributed by atoms with Crippen molar-refractivity contribution in [3.05, 3.63) is 63.2 Å². The summed E-state index contributed by atoms with van der Waals surface area (Å²) in [5, 5.41) is 16.3. The molecule has 0 radical (unpaired) electrons. The van der Waals surface area contributed by atoms with Crippen LogP contribution in [0.5, 0.6) is 5.75 Å². The highest BCUT2D eigenvalue weighted by atomic mass is 35.5. The van der Waals surface area contributed by atoms with Crippen LogP contribution in [-0.4, -0.2) is 22.5 Å². The Balaban J connectivity index is 1.73. The Kier molecular flexibility index (Phi) is 8.14. The molecule has 0 aliphatic carbocycles. The second kappa shape index (κ2) is 10.4. The molecular formula is C21H24ClN3O4S. The molecule has 30 heavy (non-hydrogen) atoms. The van der Waals surface area contributed by atoms with E-state index in [4.69, 9.17) is 28.6 Å². The van der Waals surface area contributed by atoms with Crippen LogP contribution < -0.4 is 15.4 Å². The number of carbonyl (C=O) groups is 1. The van der Waals surface area contributed by atoms with Crippen LogP contribution in [0.1, 0.15) is 39.2 Å². The van der Waals surface area contributed by atoms with Gasteiger partial charge in [0.1, 0.15) is 10.8 Å². The molecule has 0 aromatic heterocycles. The average Bonchev–Trinajstić information content (AvgIpc) is 2.66. The Morgan fingerprint density at radius 2 is 1.87 bits per heavy atom. The number of nitrogens with zero attached hydrogens (tertiary/aromatic N) is 1. The summed E-state index contributed by atoms with van der Waals surface area (Å²) < 4.78 is 5.67. The molecule has 2 aromatic carbocycles. The molecule has 0 saturated heterocycles. The molecular weight excluding hydrogens is 426 g/mol. The lowest BCUT2D eigenvalue weighted by molar-refractivity contribution is -0.384. The summed E-state index contributed by atoms with van der Waals surface area (Å²) in [5.74, 6) is 0.479. The van der Waals surface area contributed by atoms with E-state index in [-0.39, 0.29) is 33.6 Å². The largest absolute Gasteiger partial charge is 0.494 e. The summed E-state index contributed by atoms with van der Waals surface area (Å²) in [6, 6.07) is 12.1. The number of nitro groups is 1. The van der Waals surface area contributed by atoms with Gasteiger partial charge in [-0.1, -0.05) is 44.5 Å². The molecule has 2 aromatic rings. The van der Waals surface area contributed by atoms with Gasteiger partial charge >= 0.3 is 0 Å². The van der Waals surface area contributed by atoms with Gasteiger partial charge in [-0.2, -0.15) is 0 Å². The van der Waals surface area contributed by atoms with E-state index in [0.29, 0.717) is 18.7 Å². The van der Waals surface area contributed by atoms with Crippen molar-refractivity contribution >= 4 is 46.2 Å². The van der Waals surface area contributed by atoms with E-state index in [1.54, 1.807) is 0 Å². The summed E-state index contributed by atoms with van der Waals surface area (Å²) in [6.45, 7) is 6.84. The molecule has 2 rings (SSSR count). The molecule has 1 amide bonds.